The van der Waals surface area contributed by atoms with Gasteiger partial charge in [0.05, 0.1) is 29.3 Å². The maximum Gasteiger partial charge on any atom is 0.261 e. The fourth-order valence-electron chi connectivity index (χ4n) is 6.26. The van der Waals surface area contributed by atoms with Crippen LogP contribution in [0.15, 0.2) is 108 Å². The molecule has 3 N–H and O–H groups in total. The molecule has 242 valence electrons. The van der Waals surface area contributed by atoms with E-state index in [0.717, 1.165) is 22.3 Å². The maximum absolute atomic E-state index is 12.8. The fraction of sp³-hybridized carbons (Fsp3) is 0.333. The minimum Gasteiger partial charge on any atom is -0.392 e. The van der Waals surface area contributed by atoms with Crippen molar-refractivity contribution in [1.82, 2.24) is 4.90 Å². The van der Waals surface area contributed by atoms with Gasteiger partial charge in [-0.2, -0.15) is 0 Å². The van der Waals surface area contributed by atoms with E-state index in [1.807, 2.05) is 60.7 Å². The molecule has 6 rings (SSSR count). The van der Waals surface area contributed by atoms with Gasteiger partial charge >= 0.3 is 0 Å². The molecule has 4 aromatic rings. The molecule has 4 unspecified atom stereocenters. The third-order valence-corrected chi connectivity index (χ3v) is 10.8. The molecule has 8 nitrogen and oxygen atoms in total. The van der Waals surface area contributed by atoms with Crippen molar-refractivity contribution >= 4 is 27.3 Å². The molecule has 2 aliphatic heterocycles. The van der Waals surface area contributed by atoms with Crippen LogP contribution in [0.2, 0.25) is 5.02 Å². The standard InChI is InChI=1S/C36H39ClN2O6S/c1-25-33(23-39-21-19-36(41,20-22-39)29-13-15-30(37)16-14-29)44-35(45-34(25)27-9-7-26(24-40)8-10-27)28-11-17-31(18-12-28)38-46(42,43)32-5-3-2-4-6-32/h2-18,25,33-35,38,40-41H,19-24H2,1H3. The lowest BCUT2D eigenvalue weighted by Gasteiger charge is -2.45. The monoisotopic (exact) mass is 662 g/mol. The third kappa shape index (κ3) is 7.31. The Morgan fingerprint density at radius 2 is 1.50 bits per heavy atom. The Bertz CT molecular complexity index is 1690. The predicted octanol–water partition coefficient (Wildman–Crippen LogP) is 6.41. The van der Waals surface area contributed by atoms with Gasteiger partial charge in [-0.25, -0.2) is 8.42 Å². The molecule has 0 aromatic heterocycles. The van der Waals surface area contributed by atoms with Gasteiger partial charge in [-0.05, 0) is 65.9 Å². The van der Waals surface area contributed by atoms with E-state index in [4.69, 9.17) is 21.1 Å². The highest BCUT2D eigenvalue weighted by Crippen LogP contribution is 2.43. The van der Waals surface area contributed by atoms with E-state index >= 15 is 0 Å². The number of likely N-dealkylation sites (tertiary alicyclic amines) is 1. The van der Waals surface area contributed by atoms with Gasteiger partial charge in [0.1, 0.15) is 0 Å². The second kappa shape index (κ2) is 13.8. The van der Waals surface area contributed by atoms with Gasteiger partial charge in [0, 0.05) is 41.8 Å². The largest absolute Gasteiger partial charge is 0.392 e. The SMILES string of the molecule is CC1C(CN2CCC(O)(c3ccc(Cl)cc3)CC2)OC(c2ccc(NS(=O)(=O)c3ccccc3)cc2)OC1c1ccc(CO)cc1. The van der Waals surface area contributed by atoms with Gasteiger partial charge in [0.25, 0.3) is 10.0 Å². The Kier molecular flexibility index (Phi) is 9.82. The van der Waals surface area contributed by atoms with Crippen molar-refractivity contribution in [3.63, 3.8) is 0 Å². The van der Waals surface area contributed by atoms with E-state index < -0.39 is 21.9 Å². The first kappa shape index (κ1) is 32.7. The number of aliphatic hydroxyl groups excluding tert-OH is 1. The quantitative estimate of drug-likeness (QED) is 0.190. The highest BCUT2D eigenvalue weighted by atomic mass is 35.5. The summed E-state index contributed by atoms with van der Waals surface area (Å²) >= 11 is 6.07. The molecule has 46 heavy (non-hydrogen) atoms. The third-order valence-electron chi connectivity index (χ3n) is 9.11. The van der Waals surface area contributed by atoms with Crippen LogP contribution in [0.5, 0.6) is 0 Å². The topological polar surface area (TPSA) is 108 Å². The van der Waals surface area contributed by atoms with Gasteiger partial charge < -0.3 is 24.6 Å². The fourth-order valence-corrected chi connectivity index (χ4v) is 7.46. The summed E-state index contributed by atoms with van der Waals surface area (Å²) in [5, 5.41) is 21.6. The number of sulfonamides is 1. The molecule has 2 fully saturated rings. The smallest absolute Gasteiger partial charge is 0.261 e. The first-order chi connectivity index (χ1) is 22.1. The summed E-state index contributed by atoms with van der Waals surface area (Å²) in [4.78, 5) is 2.52. The van der Waals surface area contributed by atoms with Crippen molar-refractivity contribution in [3.05, 3.63) is 130 Å². The second-order valence-corrected chi connectivity index (χ2v) is 14.3. The minimum absolute atomic E-state index is 0.00487. The number of benzene rings is 4. The molecular formula is C36H39ClN2O6S. The summed E-state index contributed by atoms with van der Waals surface area (Å²) in [6.45, 7) is 4.18. The van der Waals surface area contributed by atoms with Gasteiger partial charge in [-0.3, -0.25) is 4.72 Å². The number of nitrogens with zero attached hydrogens (tertiary/aromatic N) is 1. The summed E-state index contributed by atoms with van der Waals surface area (Å²) in [5.74, 6) is 0.00487. The zero-order chi connectivity index (χ0) is 32.3. The van der Waals surface area contributed by atoms with Crippen molar-refractivity contribution in [2.45, 2.75) is 55.4 Å². The average Bonchev–Trinajstić information content (AvgIpc) is 3.08. The number of hydrogen-bond donors (Lipinski definition) is 3. The van der Waals surface area contributed by atoms with Crippen LogP contribution in [-0.2, 0) is 31.7 Å². The molecule has 2 heterocycles. The van der Waals surface area contributed by atoms with Crippen LogP contribution in [0.25, 0.3) is 0 Å². The molecule has 4 aromatic carbocycles. The first-order valence-corrected chi connectivity index (χ1v) is 17.4. The molecule has 0 spiro atoms. The van der Waals surface area contributed by atoms with Crippen molar-refractivity contribution < 1.29 is 28.1 Å². The number of hydrogen-bond acceptors (Lipinski definition) is 7. The maximum atomic E-state index is 12.8. The highest BCUT2D eigenvalue weighted by Gasteiger charge is 2.41. The van der Waals surface area contributed by atoms with Crippen LogP contribution in [-0.4, -0.2) is 49.3 Å². The van der Waals surface area contributed by atoms with Gasteiger partial charge in [0.15, 0.2) is 6.29 Å². The van der Waals surface area contributed by atoms with Crippen LogP contribution < -0.4 is 4.72 Å². The van der Waals surface area contributed by atoms with Crippen LogP contribution in [0, 0.1) is 5.92 Å². The highest BCUT2D eigenvalue weighted by molar-refractivity contribution is 7.92. The molecule has 0 radical (unpaired) electrons. The summed E-state index contributed by atoms with van der Waals surface area (Å²) in [6.07, 6.45) is 0.0616. The predicted molar refractivity (Wildman–Crippen MR) is 178 cm³/mol. The van der Waals surface area contributed by atoms with E-state index in [2.05, 4.69) is 16.5 Å². The van der Waals surface area contributed by atoms with Gasteiger partial charge in [-0.1, -0.05) is 85.3 Å². The lowest BCUT2D eigenvalue weighted by molar-refractivity contribution is -0.277. The van der Waals surface area contributed by atoms with Crippen molar-refractivity contribution in [3.8, 4) is 0 Å². The van der Waals surface area contributed by atoms with Gasteiger partial charge in [0.2, 0.25) is 0 Å². The number of ether oxygens (including phenoxy) is 2. The summed E-state index contributed by atoms with van der Waals surface area (Å²) in [6, 6.07) is 30.5. The summed E-state index contributed by atoms with van der Waals surface area (Å²) in [5.41, 5.74) is 3.01. The molecule has 2 aliphatic rings. The van der Waals surface area contributed by atoms with Crippen molar-refractivity contribution in [2.75, 3.05) is 24.4 Å². The van der Waals surface area contributed by atoms with E-state index in [1.54, 1.807) is 42.5 Å². The molecule has 2 saturated heterocycles. The van der Waals surface area contributed by atoms with E-state index in [1.165, 1.54) is 0 Å². The zero-order valence-electron chi connectivity index (χ0n) is 25.6. The van der Waals surface area contributed by atoms with Crippen LogP contribution in [0.1, 0.15) is 54.4 Å². The number of anilines is 1. The minimum atomic E-state index is -3.72. The van der Waals surface area contributed by atoms with Crippen LogP contribution in [0.4, 0.5) is 5.69 Å². The van der Waals surface area contributed by atoms with Crippen LogP contribution >= 0.6 is 11.6 Å². The Balaban J connectivity index is 1.19. The molecule has 0 amide bonds. The molecule has 10 heteroatoms. The van der Waals surface area contributed by atoms with Crippen LogP contribution in [0.3, 0.4) is 0 Å². The van der Waals surface area contributed by atoms with Crippen molar-refractivity contribution in [1.29, 1.82) is 0 Å². The van der Waals surface area contributed by atoms with Crippen molar-refractivity contribution in [2.24, 2.45) is 5.92 Å². The first-order valence-electron chi connectivity index (χ1n) is 15.5. The Hall–Kier alpha value is -3.28. The second-order valence-electron chi connectivity index (χ2n) is 12.2. The molecular weight excluding hydrogens is 624 g/mol. The number of piperidine rings is 1. The Morgan fingerprint density at radius 1 is 0.870 bits per heavy atom. The summed E-state index contributed by atoms with van der Waals surface area (Å²) < 4.78 is 41.5. The lowest BCUT2D eigenvalue weighted by Crippen LogP contribution is -2.49. The lowest BCUT2D eigenvalue weighted by atomic mass is 9.84. The molecule has 0 aliphatic carbocycles. The molecule has 4 atom stereocenters. The normalized spacial score (nSPS) is 23.6. The number of halogens is 1. The number of aliphatic hydroxyl groups is 2. The van der Waals surface area contributed by atoms with E-state index in [9.17, 15) is 18.6 Å². The summed E-state index contributed by atoms with van der Waals surface area (Å²) in [7, 11) is -3.72. The Labute approximate surface area is 275 Å². The van der Waals surface area contributed by atoms with Gasteiger partial charge in [-0.15, -0.1) is 0 Å². The number of nitrogens with one attached hydrogen (secondary N) is 1. The van der Waals surface area contributed by atoms with E-state index in [-0.39, 0.29) is 29.6 Å². The Morgan fingerprint density at radius 3 is 2.13 bits per heavy atom. The number of rotatable bonds is 9. The molecule has 0 bridgehead atoms. The van der Waals surface area contributed by atoms with E-state index in [0.29, 0.717) is 43.2 Å². The average molecular weight is 663 g/mol. The molecule has 0 saturated carbocycles. The zero-order valence-corrected chi connectivity index (χ0v) is 27.2.